The molecule has 1 aromatic rings. The van der Waals surface area contributed by atoms with E-state index in [2.05, 4.69) is 44.4 Å². The largest absolute Gasteiger partial charge is 0.348 e. The summed E-state index contributed by atoms with van der Waals surface area (Å²) in [5.41, 5.74) is 2.09. The quantitative estimate of drug-likeness (QED) is 0.503. The van der Waals surface area contributed by atoms with Gasteiger partial charge in [-0.15, -0.1) is 0 Å². The van der Waals surface area contributed by atoms with E-state index in [1.54, 1.807) is 0 Å². The summed E-state index contributed by atoms with van der Waals surface area (Å²) in [4.78, 5) is 28.1. The number of aryl methyl sites for hydroxylation is 1. The molecule has 6 heteroatoms. The fourth-order valence-corrected chi connectivity index (χ4v) is 5.19. The Labute approximate surface area is 187 Å². The first-order valence-electron chi connectivity index (χ1n) is 12.2. The molecule has 0 radical (unpaired) electrons. The van der Waals surface area contributed by atoms with E-state index in [9.17, 15) is 9.59 Å². The van der Waals surface area contributed by atoms with E-state index >= 15 is 0 Å². The molecule has 2 aliphatic rings. The maximum absolute atomic E-state index is 12.9. The van der Waals surface area contributed by atoms with Crippen molar-refractivity contribution in [2.45, 2.75) is 65.5 Å². The van der Waals surface area contributed by atoms with E-state index in [1.807, 2.05) is 18.2 Å². The molecule has 1 saturated heterocycles. The Morgan fingerprint density at radius 2 is 1.81 bits per heavy atom. The number of nitrogens with one attached hydrogen (secondary N) is 4. The van der Waals surface area contributed by atoms with Crippen molar-refractivity contribution in [2.75, 3.05) is 38.0 Å². The number of rotatable bonds is 7. The molecule has 0 spiro atoms. The normalized spacial score (nSPS) is 29.7. The molecule has 1 aliphatic carbocycles. The molecule has 2 fully saturated rings. The van der Waals surface area contributed by atoms with Gasteiger partial charge in [-0.1, -0.05) is 51.8 Å². The van der Waals surface area contributed by atoms with Crippen molar-refractivity contribution in [1.82, 2.24) is 5.32 Å². The monoisotopic (exact) mass is 430 g/mol. The third-order valence-corrected chi connectivity index (χ3v) is 7.72. The lowest BCUT2D eigenvalue weighted by Crippen LogP contribution is -3.30. The van der Waals surface area contributed by atoms with Crippen molar-refractivity contribution in [3.8, 4) is 0 Å². The number of quaternary nitrogens is 2. The molecule has 1 saturated carbocycles. The molecule has 4 N–H and O–H groups in total. The van der Waals surface area contributed by atoms with E-state index in [-0.39, 0.29) is 17.9 Å². The molecular weight excluding hydrogens is 388 g/mol. The topological polar surface area (TPSA) is 67.1 Å². The summed E-state index contributed by atoms with van der Waals surface area (Å²) in [6.45, 7) is 12.9. The van der Waals surface area contributed by atoms with Crippen LogP contribution in [0.4, 0.5) is 5.69 Å². The smallest absolute Gasteiger partial charge is 0.279 e. The van der Waals surface area contributed by atoms with E-state index < -0.39 is 0 Å². The number of hydrogen-bond donors (Lipinski definition) is 4. The van der Waals surface area contributed by atoms with Gasteiger partial charge in [-0.2, -0.15) is 0 Å². The van der Waals surface area contributed by atoms with Crippen LogP contribution in [-0.2, 0) is 16.0 Å². The molecule has 2 amide bonds. The lowest BCUT2D eigenvalue weighted by atomic mass is 9.78. The van der Waals surface area contributed by atoms with Gasteiger partial charge in [0, 0.05) is 11.7 Å². The highest BCUT2D eigenvalue weighted by molar-refractivity contribution is 5.92. The Balaban J connectivity index is 1.43. The zero-order valence-corrected chi connectivity index (χ0v) is 19.8. The molecule has 3 rings (SSSR count). The summed E-state index contributed by atoms with van der Waals surface area (Å²) in [6, 6.07) is 8.30. The van der Waals surface area contributed by atoms with Gasteiger partial charge in [0.05, 0.1) is 0 Å². The summed E-state index contributed by atoms with van der Waals surface area (Å²) < 4.78 is 0. The number of anilines is 1. The van der Waals surface area contributed by atoms with Gasteiger partial charge in [-0.3, -0.25) is 9.59 Å². The molecule has 6 nitrogen and oxygen atoms in total. The van der Waals surface area contributed by atoms with Gasteiger partial charge in [-0.25, -0.2) is 0 Å². The Morgan fingerprint density at radius 3 is 2.52 bits per heavy atom. The van der Waals surface area contributed by atoms with Gasteiger partial charge < -0.3 is 20.4 Å². The molecule has 172 valence electrons. The Hall–Kier alpha value is -1.92. The fraction of sp³-hybridized carbons (Fsp3) is 0.680. The highest BCUT2D eigenvalue weighted by atomic mass is 16.2. The van der Waals surface area contributed by atoms with Crippen LogP contribution in [0.2, 0.25) is 0 Å². The van der Waals surface area contributed by atoms with Crippen LogP contribution in [0.5, 0.6) is 0 Å². The van der Waals surface area contributed by atoms with Crippen LogP contribution in [0.1, 0.15) is 52.5 Å². The number of para-hydroxylation sites is 1. The minimum atomic E-state index is -0.0313. The third kappa shape index (κ3) is 6.30. The summed E-state index contributed by atoms with van der Waals surface area (Å²) in [5, 5.41) is 6.43. The second kappa shape index (κ2) is 11.1. The van der Waals surface area contributed by atoms with Gasteiger partial charge in [0.1, 0.15) is 26.2 Å². The van der Waals surface area contributed by atoms with Crippen LogP contribution in [-0.4, -0.2) is 56.6 Å². The molecule has 1 aromatic carbocycles. The first-order chi connectivity index (χ1) is 14.9. The van der Waals surface area contributed by atoms with Crippen LogP contribution in [0.3, 0.4) is 0 Å². The maximum Gasteiger partial charge on any atom is 0.279 e. The molecule has 4 atom stereocenters. The molecule has 1 aliphatic heterocycles. The zero-order valence-electron chi connectivity index (χ0n) is 19.8. The fourth-order valence-electron chi connectivity index (χ4n) is 5.19. The van der Waals surface area contributed by atoms with Crippen molar-refractivity contribution in [3.63, 3.8) is 0 Å². The Morgan fingerprint density at radius 1 is 1.10 bits per heavy atom. The van der Waals surface area contributed by atoms with Crippen molar-refractivity contribution < 1.29 is 19.4 Å². The van der Waals surface area contributed by atoms with Gasteiger partial charge >= 0.3 is 0 Å². The predicted octanol–water partition coefficient (Wildman–Crippen LogP) is 0.300. The van der Waals surface area contributed by atoms with E-state index in [0.29, 0.717) is 24.4 Å². The highest BCUT2D eigenvalue weighted by Crippen LogP contribution is 2.29. The Kier molecular flexibility index (Phi) is 8.50. The van der Waals surface area contributed by atoms with Crippen LogP contribution >= 0.6 is 0 Å². The number of benzene rings is 1. The lowest BCUT2D eigenvalue weighted by molar-refractivity contribution is -1.01. The number of piperazine rings is 1. The van der Waals surface area contributed by atoms with Gasteiger partial charge in [0.25, 0.3) is 11.8 Å². The molecule has 31 heavy (non-hydrogen) atoms. The van der Waals surface area contributed by atoms with Crippen molar-refractivity contribution in [3.05, 3.63) is 29.8 Å². The van der Waals surface area contributed by atoms with Crippen LogP contribution in [0, 0.1) is 11.8 Å². The van der Waals surface area contributed by atoms with Crippen molar-refractivity contribution in [2.24, 2.45) is 11.8 Å². The number of carbonyl (C=O) groups is 2. The molecule has 0 bridgehead atoms. The van der Waals surface area contributed by atoms with Crippen molar-refractivity contribution >= 4 is 17.5 Å². The first kappa shape index (κ1) is 23.7. The Bertz CT molecular complexity index is 745. The summed E-state index contributed by atoms with van der Waals surface area (Å²) in [5.74, 6) is 1.51. The predicted molar refractivity (Wildman–Crippen MR) is 124 cm³/mol. The summed E-state index contributed by atoms with van der Waals surface area (Å²) in [7, 11) is 0. The standard InChI is InChI=1S/C25H40N4O2/c1-5-21-10-6-7-11-23(21)26-24(30)17-28-13-15-29(16-14-28)20(4)25(31)27-22-12-8-9-18(2)19(22)3/h6-7,10-11,18-20,22H,5,8-9,12-17H2,1-4H3,(H,26,30)(H,27,31)/p+2/t18-,19-,20+,22+/m0/s1. The van der Waals surface area contributed by atoms with E-state index in [0.717, 1.165) is 44.7 Å². The molecule has 1 heterocycles. The summed E-state index contributed by atoms with van der Waals surface area (Å²) >= 11 is 0. The number of amides is 2. The van der Waals surface area contributed by atoms with Crippen LogP contribution in [0.15, 0.2) is 24.3 Å². The second-order valence-electron chi connectivity index (χ2n) is 9.75. The van der Waals surface area contributed by atoms with Crippen molar-refractivity contribution in [1.29, 1.82) is 0 Å². The maximum atomic E-state index is 12.9. The van der Waals surface area contributed by atoms with E-state index in [1.165, 1.54) is 28.2 Å². The van der Waals surface area contributed by atoms with Gasteiger partial charge in [-0.05, 0) is 43.2 Å². The number of hydrogen-bond acceptors (Lipinski definition) is 2. The average molecular weight is 431 g/mol. The van der Waals surface area contributed by atoms with Crippen LogP contribution in [0.25, 0.3) is 0 Å². The zero-order chi connectivity index (χ0) is 22.4. The number of carbonyl (C=O) groups excluding carboxylic acids is 2. The van der Waals surface area contributed by atoms with Gasteiger partial charge in [0.15, 0.2) is 12.6 Å². The highest BCUT2D eigenvalue weighted by Gasteiger charge is 2.34. The van der Waals surface area contributed by atoms with E-state index in [4.69, 9.17) is 0 Å². The third-order valence-electron chi connectivity index (χ3n) is 7.72. The second-order valence-corrected chi connectivity index (χ2v) is 9.75. The summed E-state index contributed by atoms with van der Waals surface area (Å²) in [6.07, 6.45) is 4.50. The molecule has 0 unspecified atom stereocenters. The lowest BCUT2D eigenvalue weighted by Gasteiger charge is -2.36. The van der Waals surface area contributed by atoms with Crippen LogP contribution < -0.4 is 20.4 Å². The first-order valence-corrected chi connectivity index (χ1v) is 12.2. The minimum absolute atomic E-state index is 0.0313. The minimum Gasteiger partial charge on any atom is -0.348 e. The molecule has 0 aromatic heterocycles. The molecular formula is C25H42N4O2+2. The van der Waals surface area contributed by atoms with Gasteiger partial charge in [0.2, 0.25) is 0 Å². The average Bonchev–Trinajstić information content (AvgIpc) is 2.77. The SMILES string of the molecule is CCc1ccccc1NC(=O)C[NH+]1CC[NH+]([C@H](C)C(=O)N[C@@H]2CCC[C@H](C)[C@@H]2C)CC1.